The number of halogens is 2. The molecular weight excluding hydrogens is 328 g/mol. The van der Waals surface area contributed by atoms with E-state index >= 15 is 0 Å². The summed E-state index contributed by atoms with van der Waals surface area (Å²) in [6.07, 6.45) is 1.59. The van der Waals surface area contributed by atoms with E-state index in [1.54, 1.807) is 14.2 Å². The molecule has 1 aliphatic heterocycles. The van der Waals surface area contributed by atoms with Crippen LogP contribution in [-0.4, -0.2) is 64.5 Å². The summed E-state index contributed by atoms with van der Waals surface area (Å²) in [4.78, 5) is 6.49. The molecule has 0 aliphatic carbocycles. The minimum Gasteiger partial charge on any atom is -0.382 e. The first-order valence-corrected chi connectivity index (χ1v) is 8.59. The van der Waals surface area contributed by atoms with E-state index in [9.17, 15) is 8.78 Å². The lowest BCUT2D eigenvalue weighted by molar-refractivity contribution is 0.0536. The highest BCUT2D eigenvalue weighted by Crippen LogP contribution is 2.16. The van der Waals surface area contributed by atoms with E-state index in [0.717, 1.165) is 38.1 Å². The zero-order valence-corrected chi connectivity index (χ0v) is 14.9. The van der Waals surface area contributed by atoms with Gasteiger partial charge in [0.05, 0.1) is 19.8 Å². The van der Waals surface area contributed by atoms with Crippen LogP contribution in [0.2, 0.25) is 0 Å². The second-order valence-electron chi connectivity index (χ2n) is 6.17. The van der Waals surface area contributed by atoms with Crippen LogP contribution in [0.3, 0.4) is 0 Å². The van der Waals surface area contributed by atoms with Crippen LogP contribution in [0.5, 0.6) is 0 Å². The number of nitrogens with one attached hydrogen (secondary N) is 1. The largest absolute Gasteiger partial charge is 0.382 e. The lowest BCUT2D eigenvalue weighted by Gasteiger charge is -2.21. The number of guanidine groups is 1. The molecule has 0 radical (unpaired) electrons. The average molecular weight is 355 g/mol. The van der Waals surface area contributed by atoms with E-state index in [4.69, 9.17) is 9.47 Å². The number of rotatable bonds is 8. The Labute approximate surface area is 148 Å². The summed E-state index contributed by atoms with van der Waals surface area (Å²) in [6, 6.07) is 3.60. The summed E-state index contributed by atoms with van der Waals surface area (Å²) >= 11 is 0. The Balaban J connectivity index is 1.73. The zero-order valence-electron chi connectivity index (χ0n) is 14.9. The van der Waals surface area contributed by atoms with Crippen LogP contribution in [-0.2, 0) is 15.9 Å². The van der Waals surface area contributed by atoms with Gasteiger partial charge in [-0.1, -0.05) is 0 Å². The van der Waals surface area contributed by atoms with Gasteiger partial charge in [0.25, 0.3) is 0 Å². The number of hydrogen-bond donors (Lipinski definition) is 1. The monoisotopic (exact) mass is 355 g/mol. The molecule has 1 saturated heterocycles. The van der Waals surface area contributed by atoms with Crippen LogP contribution in [0, 0.1) is 17.6 Å². The standard InChI is InChI=1S/C18H27F2N3O2/c1-21-18(22-5-3-14-9-16(19)11-17(20)10-14)23-6-4-15(12-23)13-25-8-7-24-2/h9-11,15H,3-8,12-13H2,1-2H3,(H,21,22). The fraction of sp³-hybridized carbons (Fsp3) is 0.611. The van der Waals surface area contributed by atoms with Crippen molar-refractivity contribution in [3.63, 3.8) is 0 Å². The molecule has 1 aromatic carbocycles. The third-order valence-electron chi connectivity index (χ3n) is 4.20. The van der Waals surface area contributed by atoms with Crippen LogP contribution in [0.4, 0.5) is 8.78 Å². The van der Waals surface area contributed by atoms with E-state index in [-0.39, 0.29) is 0 Å². The third kappa shape index (κ3) is 6.59. The van der Waals surface area contributed by atoms with Gasteiger partial charge in [-0.2, -0.15) is 0 Å². The predicted octanol–water partition coefficient (Wildman–Crippen LogP) is 2.07. The van der Waals surface area contributed by atoms with Crippen molar-refractivity contribution in [2.45, 2.75) is 12.8 Å². The van der Waals surface area contributed by atoms with Gasteiger partial charge in [-0.05, 0) is 30.5 Å². The minimum atomic E-state index is -0.546. The van der Waals surface area contributed by atoms with Crippen molar-refractivity contribution in [3.8, 4) is 0 Å². The topological polar surface area (TPSA) is 46.1 Å². The first kappa shape index (κ1) is 19.6. The summed E-state index contributed by atoms with van der Waals surface area (Å²) in [5.41, 5.74) is 0.631. The van der Waals surface area contributed by atoms with Gasteiger partial charge in [-0.3, -0.25) is 4.99 Å². The molecule has 25 heavy (non-hydrogen) atoms. The van der Waals surface area contributed by atoms with Crippen molar-refractivity contribution in [1.29, 1.82) is 0 Å². The van der Waals surface area contributed by atoms with Gasteiger partial charge in [0.1, 0.15) is 11.6 Å². The quantitative estimate of drug-likeness (QED) is 0.441. The SMILES string of the molecule is CN=C(NCCc1cc(F)cc(F)c1)N1CCC(COCCOC)C1. The van der Waals surface area contributed by atoms with Crippen LogP contribution in [0.25, 0.3) is 0 Å². The number of benzene rings is 1. The molecular formula is C18H27F2N3O2. The molecule has 1 heterocycles. The molecule has 5 nitrogen and oxygen atoms in total. The van der Waals surface area contributed by atoms with Gasteiger partial charge in [0.2, 0.25) is 0 Å². The number of hydrogen-bond acceptors (Lipinski definition) is 3. The molecule has 1 fully saturated rings. The maximum atomic E-state index is 13.2. The molecule has 1 aliphatic rings. The molecule has 140 valence electrons. The second kappa shape index (κ2) is 10.3. The fourth-order valence-corrected chi connectivity index (χ4v) is 2.96. The Morgan fingerprint density at radius 3 is 2.72 bits per heavy atom. The molecule has 1 aromatic rings. The average Bonchev–Trinajstić information content (AvgIpc) is 3.03. The number of ether oxygens (including phenoxy) is 2. The van der Waals surface area contributed by atoms with Crippen molar-refractivity contribution >= 4 is 5.96 Å². The van der Waals surface area contributed by atoms with Gasteiger partial charge in [0.15, 0.2) is 5.96 Å². The van der Waals surface area contributed by atoms with Crippen molar-refractivity contribution in [2.24, 2.45) is 10.9 Å². The Bertz CT molecular complexity index is 549. The number of likely N-dealkylation sites (tertiary alicyclic amines) is 1. The maximum Gasteiger partial charge on any atom is 0.193 e. The lowest BCUT2D eigenvalue weighted by Crippen LogP contribution is -2.41. The van der Waals surface area contributed by atoms with Crippen molar-refractivity contribution < 1.29 is 18.3 Å². The zero-order chi connectivity index (χ0) is 18.1. The second-order valence-corrected chi connectivity index (χ2v) is 6.17. The molecule has 0 saturated carbocycles. The van der Waals surface area contributed by atoms with E-state index < -0.39 is 11.6 Å². The fourth-order valence-electron chi connectivity index (χ4n) is 2.96. The van der Waals surface area contributed by atoms with Gasteiger partial charge in [0, 0.05) is 45.8 Å². The van der Waals surface area contributed by atoms with Gasteiger partial charge >= 0.3 is 0 Å². The van der Waals surface area contributed by atoms with Crippen LogP contribution in [0.1, 0.15) is 12.0 Å². The molecule has 0 aromatic heterocycles. The van der Waals surface area contributed by atoms with Crippen molar-refractivity contribution in [3.05, 3.63) is 35.4 Å². The number of nitrogens with zero attached hydrogens (tertiary/aromatic N) is 2. The summed E-state index contributed by atoms with van der Waals surface area (Å²) in [7, 11) is 3.40. The van der Waals surface area contributed by atoms with Gasteiger partial charge in [-0.15, -0.1) is 0 Å². The Kier molecular flexibility index (Phi) is 8.08. The van der Waals surface area contributed by atoms with Crippen molar-refractivity contribution in [1.82, 2.24) is 10.2 Å². The Morgan fingerprint density at radius 1 is 1.28 bits per heavy atom. The summed E-state index contributed by atoms with van der Waals surface area (Å²) in [5.74, 6) is 0.203. The molecule has 0 spiro atoms. The van der Waals surface area contributed by atoms with E-state index in [0.29, 0.717) is 37.7 Å². The summed E-state index contributed by atoms with van der Waals surface area (Å²) in [6.45, 7) is 4.33. The summed E-state index contributed by atoms with van der Waals surface area (Å²) < 4.78 is 37.0. The smallest absolute Gasteiger partial charge is 0.193 e. The first-order chi connectivity index (χ1) is 12.1. The Hall–Kier alpha value is -1.73. The number of methoxy groups -OCH3 is 1. The van der Waals surface area contributed by atoms with E-state index in [2.05, 4.69) is 15.2 Å². The minimum absolute atomic E-state index is 0.479. The molecule has 7 heteroatoms. The first-order valence-electron chi connectivity index (χ1n) is 8.59. The lowest BCUT2D eigenvalue weighted by atomic mass is 10.1. The number of aliphatic imine (C=N–C) groups is 1. The van der Waals surface area contributed by atoms with Crippen LogP contribution < -0.4 is 5.32 Å². The highest BCUT2D eigenvalue weighted by atomic mass is 19.1. The maximum absolute atomic E-state index is 13.2. The van der Waals surface area contributed by atoms with E-state index in [1.807, 2.05) is 0 Å². The molecule has 1 unspecified atom stereocenters. The molecule has 0 amide bonds. The molecule has 2 rings (SSSR count). The molecule has 1 atom stereocenters. The van der Waals surface area contributed by atoms with Gasteiger partial charge in [-0.25, -0.2) is 8.78 Å². The van der Waals surface area contributed by atoms with Gasteiger partial charge < -0.3 is 19.7 Å². The predicted molar refractivity (Wildman–Crippen MR) is 93.8 cm³/mol. The van der Waals surface area contributed by atoms with Crippen LogP contribution >= 0.6 is 0 Å². The normalized spacial score (nSPS) is 18.0. The molecule has 0 bridgehead atoms. The third-order valence-corrected chi connectivity index (χ3v) is 4.20. The molecule has 1 N–H and O–H groups in total. The summed E-state index contributed by atoms with van der Waals surface area (Å²) in [5, 5.41) is 3.27. The van der Waals surface area contributed by atoms with Crippen LogP contribution in [0.15, 0.2) is 23.2 Å². The Morgan fingerprint density at radius 2 is 2.04 bits per heavy atom. The van der Waals surface area contributed by atoms with E-state index in [1.165, 1.54) is 12.1 Å². The highest BCUT2D eigenvalue weighted by Gasteiger charge is 2.24. The van der Waals surface area contributed by atoms with Crippen molar-refractivity contribution in [2.75, 3.05) is 53.6 Å². The highest BCUT2D eigenvalue weighted by molar-refractivity contribution is 5.80.